The third-order valence-electron chi connectivity index (χ3n) is 1.36. The maximum absolute atomic E-state index is 10.2. The van der Waals surface area contributed by atoms with E-state index in [9.17, 15) is 19.8 Å². The summed E-state index contributed by atoms with van der Waals surface area (Å²) in [4.78, 5) is 20.4. The number of carboxylic acids is 2. The molecule has 0 aliphatic carbocycles. The van der Waals surface area contributed by atoms with Gasteiger partial charge in [-0.25, -0.2) is 0 Å². The van der Waals surface area contributed by atoms with Crippen molar-refractivity contribution in [3.63, 3.8) is 0 Å². The second kappa shape index (κ2) is 6.76. The van der Waals surface area contributed by atoms with Gasteiger partial charge in [0.25, 0.3) is 0 Å². The Labute approximate surface area is 105 Å². The van der Waals surface area contributed by atoms with Gasteiger partial charge in [-0.15, -0.1) is 0 Å². The van der Waals surface area contributed by atoms with Crippen LogP contribution in [0.4, 0.5) is 0 Å². The van der Waals surface area contributed by atoms with E-state index < -0.39 is 11.9 Å². The van der Waals surface area contributed by atoms with Crippen LogP contribution in [-0.4, -0.2) is 11.9 Å². The third-order valence-corrected chi connectivity index (χ3v) is 1.36. The summed E-state index contributed by atoms with van der Waals surface area (Å²) < 4.78 is 0. The van der Waals surface area contributed by atoms with E-state index in [1.807, 2.05) is 0 Å². The molecule has 0 heterocycles. The first kappa shape index (κ1) is 15.8. The van der Waals surface area contributed by atoms with Gasteiger partial charge in [0.2, 0.25) is 0 Å². The van der Waals surface area contributed by atoms with Crippen LogP contribution in [0.5, 0.6) is 0 Å². The van der Waals surface area contributed by atoms with Gasteiger partial charge in [-0.05, 0) is 11.1 Å². The minimum Gasteiger partial charge on any atom is -0.545 e. The molecule has 0 fully saturated rings. The summed E-state index contributed by atoms with van der Waals surface area (Å²) in [7, 11) is 0. The zero-order chi connectivity index (χ0) is 9.14. The molecule has 0 bridgehead atoms. The first-order valence-corrected chi connectivity index (χ1v) is 3.14. The standard InChI is InChI=1S/C8H6O4.2Li/c9-7(10)5-1-2-6(4-3-5)8(11)12;;/h1-4H,(H,9,10)(H,11,12);;/q;2*+1/p-2/i7+1,8+1;;. The molecule has 0 aliphatic heterocycles. The van der Waals surface area contributed by atoms with E-state index in [2.05, 4.69) is 0 Å². The summed E-state index contributed by atoms with van der Waals surface area (Å²) in [6.07, 6.45) is 0. The summed E-state index contributed by atoms with van der Waals surface area (Å²) in [5.74, 6) is -2.67. The normalized spacial score (nSPS) is 8.00. The number of carbonyl (C=O) groups is 2. The smallest absolute Gasteiger partial charge is 0.545 e. The molecule has 1 rings (SSSR count). The molecule has 0 saturated heterocycles. The average Bonchev–Trinajstić information content (AvgIpc) is 2.04. The number of aromatic carboxylic acids is 2. The van der Waals surface area contributed by atoms with E-state index in [1.54, 1.807) is 0 Å². The van der Waals surface area contributed by atoms with E-state index in [0.29, 0.717) is 0 Å². The Morgan fingerprint density at radius 2 is 1.00 bits per heavy atom. The van der Waals surface area contributed by atoms with Crippen LogP contribution in [0.15, 0.2) is 24.3 Å². The molecule has 14 heavy (non-hydrogen) atoms. The first-order chi connectivity index (χ1) is 5.61. The summed E-state index contributed by atoms with van der Waals surface area (Å²) >= 11 is 0. The molecule has 1 aromatic rings. The number of benzene rings is 1. The topological polar surface area (TPSA) is 80.3 Å². The average molecular weight is 180 g/mol. The molecule has 62 valence electrons. The van der Waals surface area contributed by atoms with Crippen molar-refractivity contribution in [1.29, 1.82) is 0 Å². The minimum absolute atomic E-state index is 0. The Morgan fingerprint density at radius 3 is 1.14 bits per heavy atom. The van der Waals surface area contributed by atoms with Crippen molar-refractivity contribution in [2.45, 2.75) is 0 Å². The minimum atomic E-state index is -1.33. The fraction of sp³-hybridized carbons (Fsp3) is 0. The summed E-state index contributed by atoms with van der Waals surface area (Å²) in [6, 6.07) is 4.61. The van der Waals surface area contributed by atoms with E-state index in [0.717, 1.165) is 24.3 Å². The number of hydrogen-bond acceptors (Lipinski definition) is 4. The maximum Gasteiger partial charge on any atom is 1.00 e. The Hall–Kier alpha value is -0.645. The van der Waals surface area contributed by atoms with Crippen LogP contribution in [0.25, 0.3) is 0 Å². The van der Waals surface area contributed by atoms with Gasteiger partial charge in [0.05, 0.1) is 11.9 Å². The van der Waals surface area contributed by atoms with Crippen molar-refractivity contribution in [2.24, 2.45) is 0 Å². The van der Waals surface area contributed by atoms with E-state index in [-0.39, 0.29) is 48.8 Å². The van der Waals surface area contributed by atoms with Crippen molar-refractivity contribution < 1.29 is 57.5 Å². The van der Waals surface area contributed by atoms with Gasteiger partial charge in [0.1, 0.15) is 0 Å². The predicted molar refractivity (Wildman–Crippen MR) is 35.1 cm³/mol. The zero-order valence-electron chi connectivity index (χ0n) is 7.94. The number of carbonyl (C=O) groups excluding carboxylic acids is 2. The van der Waals surface area contributed by atoms with Crippen LogP contribution >= 0.6 is 0 Å². The number of carboxylic acid groups (broad SMARTS) is 2. The van der Waals surface area contributed by atoms with Crippen LogP contribution in [-0.2, 0) is 0 Å². The summed E-state index contributed by atoms with van der Waals surface area (Å²) in [5.41, 5.74) is -0.111. The van der Waals surface area contributed by atoms with Gasteiger partial charge >= 0.3 is 37.7 Å². The molecule has 6 heteroatoms. The number of rotatable bonds is 2. The monoisotopic (exact) mass is 180 g/mol. The SMILES string of the molecule is O=[13C]([O-])c1ccc([13C](=O)[O-])cc1.[Li+].[Li+]. The van der Waals surface area contributed by atoms with Gasteiger partial charge in [-0.3, -0.25) is 0 Å². The van der Waals surface area contributed by atoms with Crippen molar-refractivity contribution in [3.05, 3.63) is 35.4 Å². The molecule has 0 N–H and O–H groups in total. The number of hydrogen-bond donors (Lipinski definition) is 0. The predicted octanol–water partition coefficient (Wildman–Crippen LogP) is -7.58. The van der Waals surface area contributed by atoms with Crippen molar-refractivity contribution in [3.8, 4) is 0 Å². The van der Waals surface area contributed by atoms with E-state index in [1.165, 1.54) is 0 Å². The van der Waals surface area contributed by atoms with Gasteiger partial charge in [0, 0.05) is 0 Å². The van der Waals surface area contributed by atoms with Gasteiger partial charge in [0.15, 0.2) is 0 Å². The summed E-state index contributed by atoms with van der Waals surface area (Å²) in [5, 5.41) is 20.4. The molecule has 0 unspecified atom stereocenters. The van der Waals surface area contributed by atoms with Crippen LogP contribution in [0, 0.1) is 0 Å². The molecule has 0 aromatic heterocycles. The van der Waals surface area contributed by atoms with Gasteiger partial charge in [-0.1, -0.05) is 24.3 Å². The van der Waals surface area contributed by atoms with Crippen LogP contribution in [0.1, 0.15) is 20.7 Å². The molecule has 0 radical (unpaired) electrons. The zero-order valence-corrected chi connectivity index (χ0v) is 7.94. The third kappa shape index (κ3) is 4.04. The fourth-order valence-corrected chi connectivity index (χ4v) is 0.742. The Bertz CT molecular complexity index is 288. The molecule has 0 aliphatic rings. The molecular formula is C8H4Li2O4. The van der Waals surface area contributed by atoms with Crippen molar-refractivity contribution >= 4 is 11.9 Å². The molecule has 1 aromatic carbocycles. The van der Waals surface area contributed by atoms with Crippen LogP contribution in [0.2, 0.25) is 0 Å². The Kier molecular flexibility index (Phi) is 7.63. The van der Waals surface area contributed by atoms with Gasteiger partial charge < -0.3 is 19.8 Å². The second-order valence-electron chi connectivity index (χ2n) is 2.15. The van der Waals surface area contributed by atoms with Crippen LogP contribution in [0.3, 0.4) is 0 Å². The molecular weight excluding hydrogens is 176 g/mol. The van der Waals surface area contributed by atoms with Gasteiger partial charge in [-0.2, -0.15) is 0 Å². The molecule has 4 nitrogen and oxygen atoms in total. The fourth-order valence-electron chi connectivity index (χ4n) is 0.742. The first-order valence-electron chi connectivity index (χ1n) is 3.14. The largest absolute Gasteiger partial charge is 1.00 e. The maximum atomic E-state index is 10.2. The summed E-state index contributed by atoms with van der Waals surface area (Å²) in [6.45, 7) is 0. The van der Waals surface area contributed by atoms with Crippen molar-refractivity contribution in [2.75, 3.05) is 0 Å². The van der Waals surface area contributed by atoms with Crippen LogP contribution < -0.4 is 47.9 Å². The molecule has 0 spiro atoms. The molecule has 0 amide bonds. The quantitative estimate of drug-likeness (QED) is 0.334. The molecule has 0 atom stereocenters. The van der Waals surface area contributed by atoms with Crippen molar-refractivity contribution in [1.82, 2.24) is 0 Å². The van der Waals surface area contributed by atoms with E-state index >= 15 is 0 Å². The van der Waals surface area contributed by atoms with E-state index in [4.69, 9.17) is 0 Å². The Balaban J connectivity index is 0. The molecule has 0 saturated carbocycles. The Morgan fingerprint density at radius 1 is 0.786 bits per heavy atom. The second-order valence-corrected chi connectivity index (χ2v) is 2.15.